The zero-order valence-corrected chi connectivity index (χ0v) is 14.5. The first kappa shape index (κ1) is 16.8. The minimum absolute atomic E-state index is 0.0162. The van der Waals surface area contributed by atoms with Crippen LogP contribution in [-0.4, -0.2) is 46.4 Å². The van der Waals surface area contributed by atoms with Gasteiger partial charge in [-0.05, 0) is 16.7 Å². The summed E-state index contributed by atoms with van der Waals surface area (Å²) in [6.07, 6.45) is 0. The van der Waals surface area contributed by atoms with E-state index in [4.69, 9.17) is 0 Å². The van der Waals surface area contributed by atoms with Crippen molar-refractivity contribution in [1.82, 2.24) is 9.80 Å². The molecular formula is C21H22N2O3. The van der Waals surface area contributed by atoms with Gasteiger partial charge < -0.3 is 10.0 Å². The number of rotatable bonds is 4. The summed E-state index contributed by atoms with van der Waals surface area (Å²) in [6, 6.07) is 17.9. The molecule has 1 saturated heterocycles. The molecule has 0 radical (unpaired) electrons. The van der Waals surface area contributed by atoms with Gasteiger partial charge in [-0.25, -0.2) is 0 Å². The summed E-state index contributed by atoms with van der Waals surface area (Å²) in [6.45, 7) is 2.65. The third-order valence-electron chi connectivity index (χ3n) is 5.48. The summed E-state index contributed by atoms with van der Waals surface area (Å²) in [5, 5.41) is 9.60. The largest absolute Gasteiger partial charge is 0.481 e. The summed E-state index contributed by atoms with van der Waals surface area (Å²) in [5.74, 6) is -1.50. The first-order valence-electron chi connectivity index (χ1n) is 8.96. The third kappa shape index (κ3) is 3.22. The number of hydrogen-bond donors (Lipinski definition) is 1. The molecule has 2 aliphatic rings. The summed E-state index contributed by atoms with van der Waals surface area (Å²) >= 11 is 0. The number of carbonyl (C=O) groups excluding carboxylic acids is 1. The Morgan fingerprint density at radius 3 is 2.15 bits per heavy atom. The number of likely N-dealkylation sites (tertiary alicyclic amines) is 1. The topological polar surface area (TPSA) is 60.9 Å². The molecule has 0 spiro atoms. The van der Waals surface area contributed by atoms with Crippen molar-refractivity contribution in [2.45, 2.75) is 19.0 Å². The molecule has 1 N–H and O–H groups in total. The van der Waals surface area contributed by atoms with Crippen molar-refractivity contribution < 1.29 is 14.7 Å². The molecule has 1 amide bonds. The molecule has 1 fully saturated rings. The normalized spacial score (nSPS) is 22.4. The summed E-state index contributed by atoms with van der Waals surface area (Å²) < 4.78 is 0. The van der Waals surface area contributed by atoms with Crippen LogP contribution >= 0.6 is 0 Å². The predicted octanol–water partition coefficient (Wildman–Crippen LogP) is 2.33. The Bertz CT molecular complexity index is 796. The molecule has 0 saturated carbocycles. The maximum Gasteiger partial charge on any atom is 0.308 e. The lowest BCUT2D eigenvalue weighted by Crippen LogP contribution is -2.37. The highest BCUT2D eigenvalue weighted by Crippen LogP contribution is 2.33. The number of amides is 1. The SMILES string of the molecule is O=C(O)[C@@H]1CN(C(=O)CN2Cc3ccccc3C2)C[C@H]1c1ccccc1. The van der Waals surface area contributed by atoms with E-state index in [1.54, 1.807) is 4.90 Å². The molecule has 2 aromatic carbocycles. The zero-order chi connectivity index (χ0) is 18.1. The van der Waals surface area contributed by atoms with E-state index in [-0.39, 0.29) is 18.4 Å². The van der Waals surface area contributed by atoms with E-state index in [0.717, 1.165) is 18.7 Å². The van der Waals surface area contributed by atoms with E-state index >= 15 is 0 Å². The standard InChI is InChI=1S/C21H22N2O3/c24-20(14-22-10-16-8-4-5-9-17(16)11-22)23-12-18(19(13-23)21(25)26)15-6-2-1-3-7-15/h1-9,18-19H,10-14H2,(H,25,26)/t18-,19+/m0/s1. The maximum atomic E-state index is 12.8. The highest BCUT2D eigenvalue weighted by Gasteiger charge is 2.40. The molecule has 134 valence electrons. The molecule has 2 aliphatic heterocycles. The van der Waals surface area contributed by atoms with Crippen molar-refractivity contribution in [2.75, 3.05) is 19.6 Å². The molecule has 0 aromatic heterocycles. The Kier molecular flexibility index (Phi) is 4.47. The van der Waals surface area contributed by atoms with Crippen LogP contribution in [0.1, 0.15) is 22.6 Å². The minimum Gasteiger partial charge on any atom is -0.481 e. The van der Waals surface area contributed by atoms with Gasteiger partial charge in [0, 0.05) is 32.1 Å². The van der Waals surface area contributed by atoms with Crippen LogP contribution < -0.4 is 0 Å². The molecule has 26 heavy (non-hydrogen) atoms. The lowest BCUT2D eigenvalue weighted by Gasteiger charge is -2.21. The highest BCUT2D eigenvalue weighted by molar-refractivity contribution is 5.81. The van der Waals surface area contributed by atoms with E-state index < -0.39 is 11.9 Å². The molecule has 5 nitrogen and oxygen atoms in total. The molecule has 4 rings (SSSR count). The van der Waals surface area contributed by atoms with Crippen molar-refractivity contribution in [1.29, 1.82) is 0 Å². The quantitative estimate of drug-likeness (QED) is 0.919. The van der Waals surface area contributed by atoms with Gasteiger partial charge in [0.25, 0.3) is 0 Å². The average molecular weight is 350 g/mol. The van der Waals surface area contributed by atoms with Gasteiger partial charge in [0.1, 0.15) is 0 Å². The molecule has 2 heterocycles. The number of nitrogens with zero attached hydrogens (tertiary/aromatic N) is 2. The summed E-state index contributed by atoms with van der Waals surface area (Å²) in [7, 11) is 0. The van der Waals surface area contributed by atoms with Crippen LogP contribution in [0.15, 0.2) is 54.6 Å². The summed E-state index contributed by atoms with van der Waals surface area (Å²) in [5.41, 5.74) is 3.53. The van der Waals surface area contributed by atoms with Gasteiger partial charge >= 0.3 is 5.97 Å². The van der Waals surface area contributed by atoms with E-state index in [1.807, 2.05) is 42.5 Å². The lowest BCUT2D eigenvalue weighted by molar-refractivity contribution is -0.141. The summed E-state index contributed by atoms with van der Waals surface area (Å²) in [4.78, 5) is 28.3. The van der Waals surface area contributed by atoms with Gasteiger partial charge in [0.2, 0.25) is 5.91 Å². The zero-order valence-electron chi connectivity index (χ0n) is 14.5. The monoisotopic (exact) mass is 350 g/mol. The Labute approximate surface area is 152 Å². The van der Waals surface area contributed by atoms with Crippen molar-refractivity contribution in [2.24, 2.45) is 5.92 Å². The second-order valence-electron chi connectivity index (χ2n) is 7.17. The number of fused-ring (bicyclic) bond motifs is 1. The predicted molar refractivity (Wildman–Crippen MR) is 97.4 cm³/mol. The van der Waals surface area contributed by atoms with Crippen LogP contribution in [0.3, 0.4) is 0 Å². The Hall–Kier alpha value is -2.66. The second-order valence-corrected chi connectivity index (χ2v) is 7.17. The van der Waals surface area contributed by atoms with Crippen LogP contribution in [0.4, 0.5) is 0 Å². The molecule has 2 atom stereocenters. The van der Waals surface area contributed by atoms with Crippen molar-refractivity contribution in [3.8, 4) is 0 Å². The van der Waals surface area contributed by atoms with Crippen LogP contribution in [-0.2, 0) is 22.7 Å². The number of aliphatic carboxylic acids is 1. The van der Waals surface area contributed by atoms with Gasteiger partial charge in [-0.1, -0.05) is 54.6 Å². The number of carbonyl (C=O) groups is 2. The van der Waals surface area contributed by atoms with Crippen molar-refractivity contribution >= 4 is 11.9 Å². The molecule has 0 bridgehead atoms. The first-order valence-corrected chi connectivity index (χ1v) is 8.96. The van der Waals surface area contributed by atoms with Crippen molar-refractivity contribution in [3.05, 3.63) is 71.3 Å². The fourth-order valence-corrected chi connectivity index (χ4v) is 4.10. The molecule has 0 unspecified atom stereocenters. The number of benzene rings is 2. The van der Waals surface area contributed by atoms with E-state index in [1.165, 1.54) is 11.1 Å². The van der Waals surface area contributed by atoms with Gasteiger partial charge in [-0.15, -0.1) is 0 Å². The second kappa shape index (κ2) is 6.92. The van der Waals surface area contributed by atoms with Gasteiger partial charge in [0.15, 0.2) is 0 Å². The molecular weight excluding hydrogens is 328 g/mol. The van der Waals surface area contributed by atoms with Crippen LogP contribution in [0.5, 0.6) is 0 Å². The van der Waals surface area contributed by atoms with Crippen molar-refractivity contribution in [3.63, 3.8) is 0 Å². The van der Waals surface area contributed by atoms with Crippen LogP contribution in [0, 0.1) is 5.92 Å². The molecule has 5 heteroatoms. The molecule has 2 aromatic rings. The van der Waals surface area contributed by atoms with Crippen LogP contribution in [0.25, 0.3) is 0 Å². The highest BCUT2D eigenvalue weighted by atomic mass is 16.4. The van der Waals surface area contributed by atoms with Gasteiger partial charge in [-0.3, -0.25) is 14.5 Å². The lowest BCUT2D eigenvalue weighted by atomic mass is 9.89. The Balaban J connectivity index is 1.43. The minimum atomic E-state index is -0.831. The molecule has 0 aliphatic carbocycles. The Morgan fingerprint density at radius 1 is 0.923 bits per heavy atom. The van der Waals surface area contributed by atoms with E-state index in [9.17, 15) is 14.7 Å². The van der Waals surface area contributed by atoms with Crippen LogP contribution in [0.2, 0.25) is 0 Å². The Morgan fingerprint density at radius 2 is 1.54 bits per heavy atom. The first-order chi connectivity index (χ1) is 12.6. The van der Waals surface area contributed by atoms with E-state index in [2.05, 4.69) is 17.0 Å². The number of carboxylic acid groups (broad SMARTS) is 1. The fraction of sp³-hybridized carbons (Fsp3) is 0.333. The van der Waals surface area contributed by atoms with Gasteiger partial charge in [0.05, 0.1) is 12.5 Å². The maximum absolute atomic E-state index is 12.8. The third-order valence-corrected chi connectivity index (χ3v) is 5.48. The number of carboxylic acids is 1. The smallest absolute Gasteiger partial charge is 0.308 e. The fourth-order valence-electron chi connectivity index (χ4n) is 4.10. The average Bonchev–Trinajstić information content (AvgIpc) is 3.26. The van der Waals surface area contributed by atoms with Gasteiger partial charge in [-0.2, -0.15) is 0 Å². The number of hydrogen-bond acceptors (Lipinski definition) is 3. The van der Waals surface area contributed by atoms with E-state index in [0.29, 0.717) is 13.1 Å².